The van der Waals surface area contributed by atoms with E-state index < -0.39 is 5.82 Å². The third kappa shape index (κ3) is 4.32. The Morgan fingerprint density at radius 3 is 2.79 bits per heavy atom. The lowest BCUT2D eigenvalue weighted by Gasteiger charge is -2.20. The number of hydrogen-bond acceptors (Lipinski definition) is 7. The van der Waals surface area contributed by atoms with Gasteiger partial charge in [-0.3, -0.25) is 4.79 Å². The molecule has 0 aromatic carbocycles. The number of halogens is 1. The van der Waals surface area contributed by atoms with Crippen LogP contribution >= 0.6 is 0 Å². The standard InChI is InChI=1S/C24H25FN8O/c1-15(2)18-13-29-33-9-6-16(11-20(18)33)23-19(25)14-28-24(31-23)30-21-4-3-17(12-27-21)32-10-8-26-7-5-22(32)34/h3-4,6,9,11-15,26H,5,7-8,10H2,1-2H3,(H,27,28,30,31). The van der Waals surface area contributed by atoms with Crippen molar-refractivity contribution in [1.29, 1.82) is 0 Å². The highest BCUT2D eigenvalue weighted by Crippen LogP contribution is 2.27. The van der Waals surface area contributed by atoms with Crippen LogP contribution in [0.3, 0.4) is 0 Å². The number of amides is 1. The van der Waals surface area contributed by atoms with Crippen molar-refractivity contribution in [1.82, 2.24) is 29.9 Å². The van der Waals surface area contributed by atoms with E-state index in [9.17, 15) is 9.18 Å². The molecule has 0 atom stereocenters. The quantitative estimate of drug-likeness (QED) is 0.470. The topological polar surface area (TPSA) is 100 Å². The zero-order valence-electron chi connectivity index (χ0n) is 19.0. The fourth-order valence-electron chi connectivity index (χ4n) is 4.00. The number of carbonyl (C=O) groups is 1. The van der Waals surface area contributed by atoms with Crippen LogP contribution in [0.4, 0.5) is 21.8 Å². The van der Waals surface area contributed by atoms with Gasteiger partial charge in [-0.15, -0.1) is 0 Å². The summed E-state index contributed by atoms with van der Waals surface area (Å²) in [5, 5.41) is 10.6. The predicted molar refractivity (Wildman–Crippen MR) is 128 cm³/mol. The molecule has 34 heavy (non-hydrogen) atoms. The van der Waals surface area contributed by atoms with Crippen LogP contribution in [0.2, 0.25) is 0 Å². The zero-order chi connectivity index (χ0) is 23.7. The minimum absolute atomic E-state index is 0.0646. The van der Waals surface area contributed by atoms with Gasteiger partial charge in [0.2, 0.25) is 11.9 Å². The molecule has 1 saturated heterocycles. The number of carbonyl (C=O) groups excluding carboxylic acids is 1. The molecule has 2 N–H and O–H groups in total. The lowest BCUT2D eigenvalue weighted by molar-refractivity contribution is -0.118. The molecule has 0 bridgehead atoms. The Labute approximate surface area is 196 Å². The van der Waals surface area contributed by atoms with Gasteiger partial charge in [0.05, 0.1) is 29.8 Å². The van der Waals surface area contributed by atoms with E-state index in [1.807, 2.05) is 18.3 Å². The summed E-state index contributed by atoms with van der Waals surface area (Å²) in [5.41, 5.74) is 3.55. The third-order valence-corrected chi connectivity index (χ3v) is 5.82. The second-order valence-electron chi connectivity index (χ2n) is 8.46. The molecule has 1 amide bonds. The number of pyridine rings is 2. The van der Waals surface area contributed by atoms with Gasteiger partial charge >= 0.3 is 0 Å². The molecule has 0 saturated carbocycles. The zero-order valence-corrected chi connectivity index (χ0v) is 19.0. The number of aromatic nitrogens is 5. The molecule has 0 aliphatic carbocycles. The second-order valence-corrected chi connectivity index (χ2v) is 8.46. The van der Waals surface area contributed by atoms with Crippen LogP contribution in [0.5, 0.6) is 0 Å². The van der Waals surface area contributed by atoms with Crippen LogP contribution in [0.25, 0.3) is 16.8 Å². The maximum atomic E-state index is 14.7. The van der Waals surface area contributed by atoms with E-state index in [4.69, 9.17) is 0 Å². The minimum Gasteiger partial charge on any atom is -0.314 e. The van der Waals surface area contributed by atoms with E-state index in [2.05, 4.69) is 44.5 Å². The number of anilines is 3. The number of hydrogen-bond donors (Lipinski definition) is 2. The van der Waals surface area contributed by atoms with Crippen molar-refractivity contribution in [2.45, 2.75) is 26.2 Å². The fourth-order valence-corrected chi connectivity index (χ4v) is 4.00. The van der Waals surface area contributed by atoms with Crippen molar-refractivity contribution >= 4 is 28.9 Å². The van der Waals surface area contributed by atoms with Gasteiger partial charge in [-0.25, -0.2) is 23.9 Å². The average Bonchev–Trinajstić information content (AvgIpc) is 3.15. The summed E-state index contributed by atoms with van der Waals surface area (Å²) in [6, 6.07) is 7.24. The molecule has 0 spiro atoms. The summed E-state index contributed by atoms with van der Waals surface area (Å²) >= 11 is 0. The Hall–Kier alpha value is -3.92. The first-order chi connectivity index (χ1) is 16.5. The fraction of sp³-hybridized carbons (Fsp3) is 0.292. The predicted octanol–water partition coefficient (Wildman–Crippen LogP) is 3.52. The van der Waals surface area contributed by atoms with Gasteiger partial charge in [0.25, 0.3) is 0 Å². The summed E-state index contributed by atoms with van der Waals surface area (Å²) in [5.74, 6) is 0.557. The first kappa shape index (κ1) is 21.9. The van der Waals surface area contributed by atoms with Crippen LogP contribution in [0.15, 0.2) is 49.1 Å². The van der Waals surface area contributed by atoms with E-state index >= 15 is 0 Å². The lowest BCUT2D eigenvalue weighted by atomic mass is 10.0. The summed E-state index contributed by atoms with van der Waals surface area (Å²) in [6.07, 6.45) is 6.86. The summed E-state index contributed by atoms with van der Waals surface area (Å²) in [4.78, 5) is 26.9. The smallest absolute Gasteiger partial charge is 0.229 e. The molecule has 4 aromatic rings. The number of rotatable bonds is 5. The first-order valence-corrected chi connectivity index (χ1v) is 11.2. The molecule has 5 heterocycles. The Morgan fingerprint density at radius 1 is 1.12 bits per heavy atom. The maximum Gasteiger partial charge on any atom is 0.229 e. The normalized spacial score (nSPS) is 14.6. The Balaban J connectivity index is 1.39. The number of nitrogens with one attached hydrogen (secondary N) is 2. The molecule has 1 fully saturated rings. The first-order valence-electron chi connectivity index (χ1n) is 11.2. The molecule has 4 aromatic heterocycles. The summed E-state index contributed by atoms with van der Waals surface area (Å²) in [6.45, 7) is 6.20. The molecule has 174 valence electrons. The SMILES string of the molecule is CC(C)c1cnn2ccc(-c3nc(Nc4ccc(N5CCNCCC5=O)cn4)ncc3F)cc12. The van der Waals surface area contributed by atoms with Crippen LogP contribution < -0.4 is 15.5 Å². The van der Waals surface area contributed by atoms with Gasteiger partial charge < -0.3 is 15.5 Å². The van der Waals surface area contributed by atoms with E-state index in [1.54, 1.807) is 33.9 Å². The monoisotopic (exact) mass is 460 g/mol. The van der Waals surface area contributed by atoms with E-state index in [-0.39, 0.29) is 23.5 Å². The highest BCUT2D eigenvalue weighted by Gasteiger charge is 2.18. The van der Waals surface area contributed by atoms with Gasteiger partial charge in [0.1, 0.15) is 11.5 Å². The molecule has 1 aliphatic rings. The molecule has 5 rings (SSSR count). The van der Waals surface area contributed by atoms with Gasteiger partial charge in [-0.1, -0.05) is 13.8 Å². The summed E-state index contributed by atoms with van der Waals surface area (Å²) in [7, 11) is 0. The van der Waals surface area contributed by atoms with Gasteiger partial charge in [0, 0.05) is 43.4 Å². The molecule has 1 aliphatic heterocycles. The minimum atomic E-state index is -0.517. The van der Waals surface area contributed by atoms with Crippen LogP contribution in [0.1, 0.15) is 31.7 Å². The largest absolute Gasteiger partial charge is 0.314 e. The van der Waals surface area contributed by atoms with Crippen LogP contribution in [-0.2, 0) is 4.79 Å². The molecular weight excluding hydrogens is 435 g/mol. The molecule has 9 nitrogen and oxygen atoms in total. The van der Waals surface area contributed by atoms with Crippen LogP contribution in [0, 0.1) is 5.82 Å². The van der Waals surface area contributed by atoms with Gasteiger partial charge in [-0.2, -0.15) is 5.10 Å². The molecular formula is C24H25FN8O. The summed E-state index contributed by atoms with van der Waals surface area (Å²) < 4.78 is 16.4. The Bertz CT molecular complexity index is 1330. The Morgan fingerprint density at radius 2 is 2.00 bits per heavy atom. The van der Waals surface area contributed by atoms with E-state index in [1.165, 1.54) is 0 Å². The van der Waals surface area contributed by atoms with Crippen molar-refractivity contribution in [2.75, 3.05) is 29.9 Å². The van der Waals surface area contributed by atoms with Crippen molar-refractivity contribution < 1.29 is 9.18 Å². The molecule has 0 unspecified atom stereocenters. The second kappa shape index (κ2) is 9.14. The average molecular weight is 461 g/mol. The van der Waals surface area contributed by atoms with Crippen molar-refractivity contribution in [3.63, 3.8) is 0 Å². The maximum absolute atomic E-state index is 14.7. The molecule has 0 radical (unpaired) electrons. The Kier molecular flexibility index (Phi) is 5.89. The third-order valence-electron chi connectivity index (χ3n) is 5.82. The molecule has 10 heteroatoms. The highest BCUT2D eigenvalue weighted by molar-refractivity contribution is 5.93. The number of nitrogens with zero attached hydrogens (tertiary/aromatic N) is 6. The van der Waals surface area contributed by atoms with Crippen LogP contribution in [-0.4, -0.2) is 50.1 Å². The van der Waals surface area contributed by atoms with E-state index in [0.29, 0.717) is 30.9 Å². The lowest BCUT2D eigenvalue weighted by Crippen LogP contribution is -2.32. The van der Waals surface area contributed by atoms with Crippen molar-refractivity contribution in [3.8, 4) is 11.3 Å². The highest BCUT2D eigenvalue weighted by atomic mass is 19.1. The van der Waals surface area contributed by atoms with Gasteiger partial charge in [0.15, 0.2) is 5.82 Å². The van der Waals surface area contributed by atoms with E-state index in [0.717, 1.165) is 29.5 Å². The van der Waals surface area contributed by atoms with Crippen molar-refractivity contribution in [2.24, 2.45) is 0 Å². The van der Waals surface area contributed by atoms with Crippen molar-refractivity contribution in [3.05, 3.63) is 60.4 Å². The number of fused-ring (bicyclic) bond motifs is 1. The van der Waals surface area contributed by atoms with Gasteiger partial charge in [-0.05, 0) is 30.2 Å².